The number of ether oxygens (including phenoxy) is 2. The Hall–Kier alpha value is -3.08. The quantitative estimate of drug-likeness (QED) is 0.609. The molecule has 1 heterocycles. The number of rotatable bonds is 5. The number of benzene rings is 2. The van der Waals surface area contributed by atoms with Gasteiger partial charge in [0.15, 0.2) is 0 Å². The number of esters is 1. The van der Waals surface area contributed by atoms with Gasteiger partial charge >= 0.3 is 12.1 Å². The summed E-state index contributed by atoms with van der Waals surface area (Å²) in [6.45, 7) is 2.04. The minimum absolute atomic E-state index is 0.224. The second-order valence-corrected chi connectivity index (χ2v) is 6.12. The van der Waals surface area contributed by atoms with E-state index in [1.807, 2.05) is 67.6 Å². The van der Waals surface area contributed by atoms with Crippen LogP contribution in [0.25, 0.3) is 5.57 Å². The summed E-state index contributed by atoms with van der Waals surface area (Å²) in [4.78, 5) is 26.4. The first-order valence-corrected chi connectivity index (χ1v) is 8.46. The van der Waals surface area contributed by atoms with Crippen LogP contribution in [-0.4, -0.2) is 36.7 Å². The fraction of sp³-hybridized carbons (Fsp3) is 0.238. The molecular weight excluding hydrogens is 330 g/mol. The molecule has 0 unspecified atom stereocenters. The highest BCUT2D eigenvalue weighted by Crippen LogP contribution is 2.29. The molecule has 26 heavy (non-hydrogen) atoms. The van der Waals surface area contributed by atoms with Crippen LogP contribution < -0.4 is 0 Å². The number of allylic oxidation sites excluding steroid dienone is 1. The van der Waals surface area contributed by atoms with Gasteiger partial charge in [0, 0.05) is 0 Å². The molecule has 0 spiro atoms. The monoisotopic (exact) mass is 351 g/mol. The zero-order valence-electron chi connectivity index (χ0n) is 14.8. The predicted octanol–water partition coefficient (Wildman–Crippen LogP) is 3.65. The van der Waals surface area contributed by atoms with Gasteiger partial charge in [0.1, 0.15) is 12.3 Å². The van der Waals surface area contributed by atoms with Crippen molar-refractivity contribution < 1.29 is 19.1 Å². The van der Waals surface area contributed by atoms with E-state index >= 15 is 0 Å². The van der Waals surface area contributed by atoms with Crippen LogP contribution in [0.3, 0.4) is 0 Å². The van der Waals surface area contributed by atoms with Crippen molar-refractivity contribution in [3.8, 4) is 0 Å². The molecule has 0 N–H and O–H groups in total. The zero-order chi connectivity index (χ0) is 18.5. The van der Waals surface area contributed by atoms with Crippen LogP contribution in [0, 0.1) is 0 Å². The molecule has 2 aromatic carbocycles. The van der Waals surface area contributed by atoms with Crippen molar-refractivity contribution in [1.82, 2.24) is 4.90 Å². The van der Waals surface area contributed by atoms with E-state index in [2.05, 4.69) is 0 Å². The van der Waals surface area contributed by atoms with Crippen molar-refractivity contribution >= 4 is 17.6 Å². The van der Waals surface area contributed by atoms with Gasteiger partial charge in [0.05, 0.1) is 13.2 Å². The first kappa shape index (κ1) is 17.7. The summed E-state index contributed by atoms with van der Waals surface area (Å²) in [5, 5.41) is 0. The van der Waals surface area contributed by atoms with Crippen molar-refractivity contribution in [2.45, 2.75) is 19.4 Å². The number of carbonyl (C=O) groups excluding carboxylic acids is 2. The minimum atomic E-state index is -0.553. The lowest BCUT2D eigenvalue weighted by Gasteiger charge is -2.24. The molecule has 0 saturated carbocycles. The Morgan fingerprint density at radius 3 is 2.35 bits per heavy atom. The van der Waals surface area contributed by atoms with E-state index in [4.69, 9.17) is 9.47 Å². The lowest BCUT2D eigenvalue weighted by Crippen LogP contribution is -2.38. The SMILES string of the molecule is COC(=O)/C(=C(\C)c1ccccc1)N1C(=O)OC[C@H]1Cc1ccccc1. The first-order valence-electron chi connectivity index (χ1n) is 8.46. The van der Waals surface area contributed by atoms with Gasteiger partial charge in [0.25, 0.3) is 0 Å². The van der Waals surface area contributed by atoms with Crippen molar-refractivity contribution in [2.75, 3.05) is 13.7 Å². The normalized spacial score (nSPS) is 17.5. The van der Waals surface area contributed by atoms with Gasteiger partial charge in [-0.2, -0.15) is 0 Å². The summed E-state index contributed by atoms with van der Waals surface area (Å²) in [7, 11) is 1.31. The zero-order valence-corrected chi connectivity index (χ0v) is 14.8. The topological polar surface area (TPSA) is 55.8 Å². The molecule has 1 atom stereocenters. The number of hydrogen-bond acceptors (Lipinski definition) is 4. The van der Waals surface area contributed by atoms with Crippen LogP contribution in [0.4, 0.5) is 4.79 Å². The third kappa shape index (κ3) is 3.61. The van der Waals surface area contributed by atoms with E-state index in [-0.39, 0.29) is 18.3 Å². The lowest BCUT2D eigenvalue weighted by atomic mass is 10.0. The summed E-state index contributed by atoms with van der Waals surface area (Å²) in [5.41, 5.74) is 2.82. The molecule has 1 amide bonds. The number of hydrogen-bond donors (Lipinski definition) is 0. The standard InChI is InChI=1S/C21H21NO4/c1-15(17-11-7-4-8-12-17)19(20(23)25-2)22-18(14-26-21(22)24)13-16-9-5-3-6-10-16/h3-12,18H,13-14H2,1-2H3/b19-15-/t18-/m1/s1. The number of amides is 1. The second kappa shape index (κ2) is 7.87. The van der Waals surface area contributed by atoms with Crippen molar-refractivity contribution in [3.63, 3.8) is 0 Å². The molecule has 0 radical (unpaired) electrons. The number of nitrogens with zero attached hydrogens (tertiary/aromatic N) is 1. The molecule has 1 fully saturated rings. The van der Waals surface area contributed by atoms with E-state index in [0.29, 0.717) is 12.0 Å². The second-order valence-electron chi connectivity index (χ2n) is 6.12. The van der Waals surface area contributed by atoms with Gasteiger partial charge in [-0.25, -0.2) is 9.59 Å². The highest BCUT2D eigenvalue weighted by molar-refractivity contribution is 6.00. The van der Waals surface area contributed by atoms with Gasteiger partial charge in [-0.3, -0.25) is 4.90 Å². The number of carbonyl (C=O) groups is 2. The van der Waals surface area contributed by atoms with E-state index in [0.717, 1.165) is 11.1 Å². The largest absolute Gasteiger partial charge is 0.464 e. The van der Waals surface area contributed by atoms with Crippen LogP contribution >= 0.6 is 0 Å². The molecule has 1 aliphatic heterocycles. The van der Waals surface area contributed by atoms with Gasteiger partial charge in [-0.05, 0) is 30.0 Å². The molecule has 0 bridgehead atoms. The molecule has 2 aromatic rings. The average Bonchev–Trinajstić information content (AvgIpc) is 3.03. The Balaban J connectivity index is 2.01. The van der Waals surface area contributed by atoms with Crippen LogP contribution in [0.15, 0.2) is 66.4 Å². The van der Waals surface area contributed by atoms with Gasteiger partial charge in [-0.1, -0.05) is 60.7 Å². The molecular formula is C21H21NO4. The highest BCUT2D eigenvalue weighted by Gasteiger charge is 2.39. The Morgan fingerprint density at radius 2 is 1.73 bits per heavy atom. The van der Waals surface area contributed by atoms with Crippen LogP contribution in [0.5, 0.6) is 0 Å². The third-order valence-electron chi connectivity index (χ3n) is 4.46. The van der Waals surface area contributed by atoms with Crippen LogP contribution in [0.2, 0.25) is 0 Å². The Bertz CT molecular complexity index is 814. The first-order chi connectivity index (χ1) is 12.6. The van der Waals surface area contributed by atoms with E-state index in [9.17, 15) is 9.59 Å². The Labute approximate surface area is 152 Å². The van der Waals surface area contributed by atoms with Gasteiger partial charge < -0.3 is 9.47 Å². The van der Waals surface area contributed by atoms with Crippen molar-refractivity contribution in [3.05, 3.63) is 77.5 Å². The van der Waals surface area contributed by atoms with E-state index in [1.54, 1.807) is 0 Å². The summed E-state index contributed by atoms with van der Waals surface area (Å²) < 4.78 is 10.2. The predicted molar refractivity (Wildman–Crippen MR) is 98.2 cm³/mol. The molecule has 134 valence electrons. The molecule has 1 saturated heterocycles. The summed E-state index contributed by atoms with van der Waals surface area (Å²) in [6.07, 6.45) is 0.0661. The summed E-state index contributed by atoms with van der Waals surface area (Å²) >= 11 is 0. The van der Waals surface area contributed by atoms with Crippen LogP contribution in [0.1, 0.15) is 18.1 Å². The maximum absolute atomic E-state index is 12.5. The maximum Gasteiger partial charge on any atom is 0.414 e. The fourth-order valence-electron chi connectivity index (χ4n) is 3.12. The number of cyclic esters (lactones) is 1. The Kier molecular flexibility index (Phi) is 5.37. The molecule has 1 aliphatic rings. The molecule has 3 rings (SSSR count). The molecule has 0 aliphatic carbocycles. The summed E-state index contributed by atoms with van der Waals surface area (Å²) in [5.74, 6) is -0.553. The van der Waals surface area contributed by atoms with Crippen molar-refractivity contribution in [2.24, 2.45) is 0 Å². The highest BCUT2D eigenvalue weighted by atomic mass is 16.6. The van der Waals surface area contributed by atoms with E-state index in [1.165, 1.54) is 12.0 Å². The fourth-order valence-corrected chi connectivity index (χ4v) is 3.12. The Morgan fingerprint density at radius 1 is 1.12 bits per heavy atom. The molecule has 5 nitrogen and oxygen atoms in total. The maximum atomic E-state index is 12.5. The molecule has 0 aromatic heterocycles. The van der Waals surface area contributed by atoms with Gasteiger partial charge in [-0.15, -0.1) is 0 Å². The average molecular weight is 351 g/mol. The number of methoxy groups -OCH3 is 1. The van der Waals surface area contributed by atoms with Crippen LogP contribution in [-0.2, 0) is 20.7 Å². The summed E-state index contributed by atoms with van der Waals surface area (Å²) in [6, 6.07) is 19.0. The minimum Gasteiger partial charge on any atom is -0.464 e. The lowest BCUT2D eigenvalue weighted by molar-refractivity contribution is -0.137. The van der Waals surface area contributed by atoms with Crippen molar-refractivity contribution in [1.29, 1.82) is 0 Å². The van der Waals surface area contributed by atoms with E-state index < -0.39 is 12.1 Å². The smallest absolute Gasteiger partial charge is 0.414 e. The molecule has 5 heteroatoms. The third-order valence-corrected chi connectivity index (χ3v) is 4.46. The van der Waals surface area contributed by atoms with Gasteiger partial charge in [0.2, 0.25) is 0 Å².